The summed E-state index contributed by atoms with van der Waals surface area (Å²) in [5.41, 5.74) is 5.16. The zero-order chi connectivity index (χ0) is 6.73. The highest BCUT2D eigenvalue weighted by Crippen LogP contribution is 1.96. The van der Waals surface area contributed by atoms with Gasteiger partial charge in [0.25, 0.3) is 0 Å². The van der Waals surface area contributed by atoms with E-state index in [1.165, 1.54) is 0 Å². The predicted octanol–water partition coefficient (Wildman–Crippen LogP) is -0.0645. The molecule has 0 saturated carbocycles. The molecule has 0 spiro atoms. The summed E-state index contributed by atoms with van der Waals surface area (Å²) in [5, 5.41) is 8.23. The summed E-state index contributed by atoms with van der Waals surface area (Å²) in [6.07, 6.45) is 0. The van der Waals surface area contributed by atoms with Gasteiger partial charge in [-0.25, -0.2) is 0 Å². The first-order chi connectivity index (χ1) is 3.55. The second-order valence-electron chi connectivity index (χ2n) is 2.11. The Labute approximate surface area is 54.0 Å². The van der Waals surface area contributed by atoms with E-state index in [1.54, 1.807) is 13.8 Å². The van der Waals surface area contributed by atoms with Gasteiger partial charge in [0.05, 0.1) is 0 Å². The van der Waals surface area contributed by atoms with E-state index in [4.69, 9.17) is 10.8 Å². The Morgan fingerprint density at radius 2 is 1.89 bits per heavy atom. The summed E-state index contributed by atoms with van der Waals surface area (Å²) in [5.74, 6) is -0.910. The fraction of sp³-hybridized carbons (Fsp3) is 0.800. The fourth-order valence-electron chi connectivity index (χ4n) is 0.285. The predicted molar refractivity (Wildman–Crippen MR) is 31.1 cm³/mol. The molecule has 0 rings (SSSR count). The third kappa shape index (κ3) is 3.93. The molecular weight excluding hydrogens is 122 g/mol. The molecule has 0 bridgehead atoms. The zero-order valence-electron chi connectivity index (χ0n) is 5.50. The molecule has 4 heteroatoms. The van der Waals surface area contributed by atoms with E-state index in [9.17, 15) is 4.79 Å². The third-order valence-corrected chi connectivity index (χ3v) is 1.00. The van der Waals surface area contributed by atoms with Gasteiger partial charge in [-0.2, -0.15) is 0 Å². The van der Waals surface area contributed by atoms with Crippen LogP contribution in [-0.4, -0.2) is 17.1 Å². The highest BCUT2D eigenvalue weighted by atomic mass is 16.4. The number of aliphatic carboxylic acids is 1. The van der Waals surface area contributed by atoms with Gasteiger partial charge < -0.3 is 10.8 Å². The molecule has 0 aliphatic rings. The lowest BCUT2D eigenvalue weighted by molar-refractivity contribution is -0.139. The number of carboxylic acids is 1. The number of carboxylic acid groups (broad SMARTS) is 1. The molecule has 0 aromatic carbocycles. The van der Waals surface area contributed by atoms with E-state index in [-0.39, 0.29) is 11.4 Å². The maximum absolute atomic E-state index is 10.0. The lowest BCUT2D eigenvalue weighted by Gasteiger charge is -2.07. The molecule has 54 valence electrons. The van der Waals surface area contributed by atoms with Gasteiger partial charge in [-0.05, 0) is 5.92 Å². The van der Waals surface area contributed by atoms with E-state index in [1.807, 2.05) is 0 Å². The second-order valence-corrected chi connectivity index (χ2v) is 2.11. The monoisotopic (exact) mass is 133 g/mol. The van der Waals surface area contributed by atoms with Gasteiger partial charge in [-0.1, -0.05) is 13.8 Å². The van der Waals surface area contributed by atoms with E-state index in [0.717, 1.165) is 0 Å². The summed E-state index contributed by atoms with van der Waals surface area (Å²) in [6, 6.07) is -0.713. The van der Waals surface area contributed by atoms with Crippen molar-refractivity contribution in [2.75, 3.05) is 0 Å². The normalized spacial score (nSPS) is 12.4. The molecule has 0 aromatic rings. The number of rotatable bonds is 2. The van der Waals surface area contributed by atoms with Crippen LogP contribution in [0.25, 0.3) is 0 Å². The first-order valence-electron chi connectivity index (χ1n) is 2.54. The Morgan fingerprint density at radius 1 is 1.56 bits per heavy atom. The maximum atomic E-state index is 10.0. The molecule has 1 atom stereocenters. The smallest absolute Gasteiger partial charge is 0.320 e. The summed E-state index contributed by atoms with van der Waals surface area (Å²) in [6.45, 7) is 3.55. The minimum atomic E-state index is -0.931. The summed E-state index contributed by atoms with van der Waals surface area (Å²) in [7, 11) is 0. The van der Waals surface area contributed by atoms with Crippen LogP contribution in [0.4, 0.5) is 0 Å². The van der Waals surface area contributed by atoms with Crippen LogP contribution in [0, 0.1) is 5.92 Å². The van der Waals surface area contributed by atoms with Crippen LogP contribution in [0.3, 0.4) is 0 Å². The third-order valence-electron chi connectivity index (χ3n) is 1.00. The number of nitrogens with two attached hydrogens (primary N) is 1. The SMILES string of the molecule is CC(C)[C@H](N)C(=O)O.[O]. The lowest BCUT2D eigenvalue weighted by atomic mass is 10.1. The first-order valence-corrected chi connectivity index (χ1v) is 2.54. The van der Waals surface area contributed by atoms with Gasteiger partial charge in [0.1, 0.15) is 6.04 Å². The molecule has 0 amide bonds. The van der Waals surface area contributed by atoms with Crippen LogP contribution >= 0.6 is 0 Å². The van der Waals surface area contributed by atoms with E-state index in [0.29, 0.717) is 0 Å². The maximum Gasteiger partial charge on any atom is 0.320 e. The summed E-state index contributed by atoms with van der Waals surface area (Å²) >= 11 is 0. The van der Waals surface area contributed by atoms with Crippen LogP contribution in [0.5, 0.6) is 0 Å². The molecule has 2 radical (unpaired) electrons. The van der Waals surface area contributed by atoms with Crippen LogP contribution in [0.1, 0.15) is 13.8 Å². The molecule has 0 aliphatic carbocycles. The number of carbonyl (C=O) groups is 1. The topological polar surface area (TPSA) is 91.8 Å². The molecule has 0 heterocycles. The Hall–Kier alpha value is -0.610. The largest absolute Gasteiger partial charge is 0.480 e. The van der Waals surface area contributed by atoms with E-state index < -0.39 is 12.0 Å². The molecule has 0 unspecified atom stereocenters. The van der Waals surface area contributed by atoms with Crippen molar-refractivity contribution >= 4 is 5.97 Å². The van der Waals surface area contributed by atoms with Crippen molar-refractivity contribution in [3.8, 4) is 0 Å². The van der Waals surface area contributed by atoms with Crippen molar-refractivity contribution < 1.29 is 15.4 Å². The molecule has 4 nitrogen and oxygen atoms in total. The molecule has 3 N–H and O–H groups in total. The fourth-order valence-corrected chi connectivity index (χ4v) is 0.285. The first kappa shape index (κ1) is 11.2. The molecule has 0 aliphatic heterocycles. The van der Waals surface area contributed by atoms with Crippen molar-refractivity contribution in [1.82, 2.24) is 0 Å². The summed E-state index contributed by atoms with van der Waals surface area (Å²) in [4.78, 5) is 10.0. The Morgan fingerprint density at radius 3 is 1.89 bits per heavy atom. The van der Waals surface area contributed by atoms with E-state index >= 15 is 0 Å². The van der Waals surface area contributed by atoms with Crippen molar-refractivity contribution in [3.63, 3.8) is 0 Å². The zero-order valence-corrected chi connectivity index (χ0v) is 5.50. The Balaban J connectivity index is 0. The average Bonchev–Trinajstić information content (AvgIpc) is 1.64. The minimum absolute atomic E-state index is 0. The van der Waals surface area contributed by atoms with Gasteiger partial charge >= 0.3 is 5.97 Å². The highest BCUT2D eigenvalue weighted by Gasteiger charge is 2.14. The Kier molecular flexibility index (Phi) is 5.34. The number of hydrogen-bond donors (Lipinski definition) is 2. The lowest BCUT2D eigenvalue weighted by Crippen LogP contribution is -2.34. The molecule has 0 fully saturated rings. The van der Waals surface area contributed by atoms with Crippen molar-refractivity contribution in [1.29, 1.82) is 0 Å². The van der Waals surface area contributed by atoms with Crippen molar-refractivity contribution in [2.45, 2.75) is 19.9 Å². The molecule has 0 aromatic heterocycles. The molecule has 0 saturated heterocycles. The molecular formula is C5H11NO3. The van der Waals surface area contributed by atoms with Crippen LogP contribution in [0.15, 0.2) is 0 Å². The number of hydrogen-bond acceptors (Lipinski definition) is 2. The summed E-state index contributed by atoms with van der Waals surface area (Å²) < 4.78 is 0. The minimum Gasteiger partial charge on any atom is -0.480 e. The highest BCUT2D eigenvalue weighted by molar-refractivity contribution is 5.73. The van der Waals surface area contributed by atoms with Gasteiger partial charge in [0.15, 0.2) is 0 Å². The van der Waals surface area contributed by atoms with Crippen LogP contribution < -0.4 is 5.73 Å². The van der Waals surface area contributed by atoms with Crippen molar-refractivity contribution in [2.24, 2.45) is 11.7 Å². The van der Waals surface area contributed by atoms with Gasteiger partial charge in [-0.3, -0.25) is 4.79 Å². The second kappa shape index (κ2) is 4.29. The quantitative estimate of drug-likeness (QED) is 0.552. The average molecular weight is 133 g/mol. The Bertz CT molecular complexity index is 92.2. The van der Waals surface area contributed by atoms with Gasteiger partial charge in [0, 0.05) is 5.48 Å². The van der Waals surface area contributed by atoms with Crippen molar-refractivity contribution in [3.05, 3.63) is 0 Å². The van der Waals surface area contributed by atoms with Crippen LogP contribution in [-0.2, 0) is 10.3 Å². The van der Waals surface area contributed by atoms with Gasteiger partial charge in [-0.15, -0.1) is 0 Å². The van der Waals surface area contributed by atoms with E-state index in [2.05, 4.69) is 0 Å². The van der Waals surface area contributed by atoms with Crippen LogP contribution in [0.2, 0.25) is 0 Å². The molecule has 9 heavy (non-hydrogen) atoms. The van der Waals surface area contributed by atoms with Gasteiger partial charge in [0.2, 0.25) is 0 Å². The standard InChI is InChI=1S/C5H11NO2.O/c1-3(2)4(6)5(7)8;/h3-4H,6H2,1-2H3,(H,7,8);/t4-;/m0./s1.